The van der Waals surface area contributed by atoms with Crippen molar-refractivity contribution in [3.05, 3.63) is 29.3 Å². The van der Waals surface area contributed by atoms with Crippen molar-refractivity contribution in [3.63, 3.8) is 0 Å². The fourth-order valence-electron chi connectivity index (χ4n) is 1.30. The van der Waals surface area contributed by atoms with Crippen molar-refractivity contribution in [3.8, 4) is 5.75 Å². The van der Waals surface area contributed by atoms with Gasteiger partial charge in [-0.3, -0.25) is 0 Å². The fourth-order valence-corrected chi connectivity index (χ4v) is 1.30. The number of hydrogen-bond donors (Lipinski definition) is 1. The molecule has 1 aromatic rings. The third kappa shape index (κ3) is 2.74. The first-order valence-electron chi connectivity index (χ1n) is 4.70. The van der Waals surface area contributed by atoms with Gasteiger partial charge in [-0.05, 0) is 36.6 Å². The molecule has 0 heterocycles. The maximum atomic E-state index is 5.43. The summed E-state index contributed by atoms with van der Waals surface area (Å²) in [6.45, 7) is 5.42. The SMILES string of the molecule is CCc1cc(OCCN)ccc1C. The first-order valence-corrected chi connectivity index (χ1v) is 4.70. The lowest BCUT2D eigenvalue weighted by Gasteiger charge is -2.08. The Bertz CT molecular complexity index is 271. The summed E-state index contributed by atoms with van der Waals surface area (Å²) in [6, 6.07) is 6.17. The Balaban J connectivity index is 2.74. The van der Waals surface area contributed by atoms with E-state index in [0.717, 1.165) is 12.2 Å². The zero-order valence-corrected chi connectivity index (χ0v) is 8.34. The number of nitrogens with two attached hydrogens (primary N) is 1. The lowest BCUT2D eigenvalue weighted by molar-refractivity contribution is 0.328. The van der Waals surface area contributed by atoms with E-state index in [1.807, 2.05) is 6.07 Å². The highest BCUT2D eigenvalue weighted by molar-refractivity contribution is 5.34. The van der Waals surface area contributed by atoms with Crippen LogP contribution < -0.4 is 10.5 Å². The molecule has 0 spiro atoms. The van der Waals surface area contributed by atoms with Crippen molar-refractivity contribution in [1.82, 2.24) is 0 Å². The highest BCUT2D eigenvalue weighted by atomic mass is 16.5. The zero-order valence-electron chi connectivity index (χ0n) is 8.34. The van der Waals surface area contributed by atoms with Crippen LogP contribution in [0.15, 0.2) is 18.2 Å². The van der Waals surface area contributed by atoms with E-state index in [1.54, 1.807) is 0 Å². The Morgan fingerprint density at radius 3 is 2.77 bits per heavy atom. The molecule has 0 bridgehead atoms. The Hall–Kier alpha value is -1.02. The van der Waals surface area contributed by atoms with Gasteiger partial charge in [0.2, 0.25) is 0 Å². The van der Waals surface area contributed by atoms with Crippen molar-refractivity contribution < 1.29 is 4.74 Å². The minimum Gasteiger partial charge on any atom is -0.492 e. The summed E-state index contributed by atoms with van der Waals surface area (Å²) >= 11 is 0. The molecular weight excluding hydrogens is 162 g/mol. The molecule has 0 fully saturated rings. The lowest BCUT2D eigenvalue weighted by atomic mass is 10.1. The summed E-state index contributed by atoms with van der Waals surface area (Å²) in [4.78, 5) is 0. The molecule has 13 heavy (non-hydrogen) atoms. The van der Waals surface area contributed by atoms with Crippen LogP contribution in [0.5, 0.6) is 5.75 Å². The Labute approximate surface area is 79.7 Å². The van der Waals surface area contributed by atoms with E-state index in [2.05, 4.69) is 26.0 Å². The molecule has 0 atom stereocenters. The van der Waals surface area contributed by atoms with Crippen molar-refractivity contribution >= 4 is 0 Å². The Kier molecular flexibility index (Phi) is 3.77. The van der Waals surface area contributed by atoms with Gasteiger partial charge in [0.05, 0.1) is 0 Å². The van der Waals surface area contributed by atoms with Crippen LogP contribution >= 0.6 is 0 Å². The summed E-state index contributed by atoms with van der Waals surface area (Å²) < 4.78 is 5.43. The molecule has 0 aromatic heterocycles. The van der Waals surface area contributed by atoms with E-state index < -0.39 is 0 Å². The highest BCUT2D eigenvalue weighted by Gasteiger charge is 1.98. The van der Waals surface area contributed by atoms with Gasteiger partial charge < -0.3 is 10.5 Å². The summed E-state index contributed by atoms with van der Waals surface area (Å²) in [5, 5.41) is 0. The molecule has 0 aliphatic heterocycles. The van der Waals surface area contributed by atoms with Crippen LogP contribution in [0.2, 0.25) is 0 Å². The van der Waals surface area contributed by atoms with Crippen LogP contribution in [-0.2, 0) is 6.42 Å². The highest BCUT2D eigenvalue weighted by Crippen LogP contribution is 2.17. The number of aryl methyl sites for hydroxylation is 2. The largest absolute Gasteiger partial charge is 0.492 e. The van der Waals surface area contributed by atoms with E-state index >= 15 is 0 Å². The molecule has 0 aliphatic carbocycles. The van der Waals surface area contributed by atoms with Gasteiger partial charge in [-0.1, -0.05) is 13.0 Å². The quantitative estimate of drug-likeness (QED) is 0.766. The summed E-state index contributed by atoms with van der Waals surface area (Å²) in [5.74, 6) is 0.924. The van der Waals surface area contributed by atoms with E-state index in [9.17, 15) is 0 Å². The molecule has 72 valence electrons. The number of hydrogen-bond acceptors (Lipinski definition) is 2. The first kappa shape index (κ1) is 10.1. The van der Waals surface area contributed by atoms with Crippen molar-refractivity contribution in [2.75, 3.05) is 13.2 Å². The molecule has 2 heteroatoms. The molecule has 0 saturated heterocycles. The Morgan fingerprint density at radius 2 is 2.15 bits per heavy atom. The van der Waals surface area contributed by atoms with Gasteiger partial charge in [0, 0.05) is 6.54 Å². The number of rotatable bonds is 4. The Morgan fingerprint density at radius 1 is 1.38 bits per heavy atom. The average Bonchev–Trinajstić information content (AvgIpc) is 2.16. The maximum absolute atomic E-state index is 5.43. The predicted octanol–water partition coefficient (Wildman–Crippen LogP) is 1.89. The minimum absolute atomic E-state index is 0.565. The smallest absolute Gasteiger partial charge is 0.119 e. The van der Waals surface area contributed by atoms with Crippen molar-refractivity contribution in [1.29, 1.82) is 0 Å². The van der Waals surface area contributed by atoms with Gasteiger partial charge in [0.25, 0.3) is 0 Å². The van der Waals surface area contributed by atoms with Crippen LogP contribution in [0, 0.1) is 6.92 Å². The summed E-state index contributed by atoms with van der Waals surface area (Å²) in [6.07, 6.45) is 1.05. The van der Waals surface area contributed by atoms with Gasteiger partial charge in [0.15, 0.2) is 0 Å². The van der Waals surface area contributed by atoms with E-state index in [-0.39, 0.29) is 0 Å². The van der Waals surface area contributed by atoms with E-state index in [1.165, 1.54) is 11.1 Å². The third-order valence-corrected chi connectivity index (χ3v) is 2.09. The van der Waals surface area contributed by atoms with Crippen LogP contribution in [0.4, 0.5) is 0 Å². The van der Waals surface area contributed by atoms with Gasteiger partial charge in [0.1, 0.15) is 12.4 Å². The van der Waals surface area contributed by atoms with Gasteiger partial charge in [-0.2, -0.15) is 0 Å². The maximum Gasteiger partial charge on any atom is 0.119 e. The van der Waals surface area contributed by atoms with Crippen molar-refractivity contribution in [2.24, 2.45) is 5.73 Å². The fraction of sp³-hybridized carbons (Fsp3) is 0.455. The molecular formula is C11H17NO. The molecule has 0 radical (unpaired) electrons. The molecule has 0 aliphatic rings. The predicted molar refractivity (Wildman–Crippen MR) is 55.1 cm³/mol. The van der Waals surface area contributed by atoms with E-state index in [0.29, 0.717) is 13.2 Å². The average molecular weight is 179 g/mol. The monoisotopic (exact) mass is 179 g/mol. The van der Waals surface area contributed by atoms with Gasteiger partial charge in [-0.15, -0.1) is 0 Å². The molecule has 1 aromatic carbocycles. The molecule has 0 amide bonds. The molecule has 0 saturated carbocycles. The van der Waals surface area contributed by atoms with Crippen LogP contribution in [0.25, 0.3) is 0 Å². The van der Waals surface area contributed by atoms with Crippen molar-refractivity contribution in [2.45, 2.75) is 20.3 Å². The van der Waals surface area contributed by atoms with Crippen LogP contribution in [0.1, 0.15) is 18.1 Å². The standard InChI is InChI=1S/C11H17NO/c1-3-10-8-11(13-7-6-12)5-4-9(10)2/h4-5,8H,3,6-7,12H2,1-2H3. The zero-order chi connectivity index (χ0) is 9.68. The van der Waals surface area contributed by atoms with E-state index in [4.69, 9.17) is 10.5 Å². The molecule has 1 rings (SSSR count). The number of benzene rings is 1. The molecule has 0 unspecified atom stereocenters. The second-order valence-electron chi connectivity index (χ2n) is 3.08. The first-order chi connectivity index (χ1) is 6.27. The van der Waals surface area contributed by atoms with Gasteiger partial charge >= 0.3 is 0 Å². The molecule has 2 N–H and O–H groups in total. The van der Waals surface area contributed by atoms with Crippen LogP contribution in [-0.4, -0.2) is 13.2 Å². The lowest BCUT2D eigenvalue weighted by Crippen LogP contribution is -2.10. The molecule has 2 nitrogen and oxygen atoms in total. The third-order valence-electron chi connectivity index (χ3n) is 2.09. The second kappa shape index (κ2) is 4.87. The second-order valence-corrected chi connectivity index (χ2v) is 3.08. The topological polar surface area (TPSA) is 35.2 Å². The van der Waals surface area contributed by atoms with Crippen LogP contribution in [0.3, 0.4) is 0 Å². The normalized spacial score (nSPS) is 10.1. The minimum atomic E-state index is 0.565. The van der Waals surface area contributed by atoms with Gasteiger partial charge in [-0.25, -0.2) is 0 Å². The summed E-state index contributed by atoms with van der Waals surface area (Å²) in [5.41, 5.74) is 8.02. The summed E-state index contributed by atoms with van der Waals surface area (Å²) in [7, 11) is 0. The number of ether oxygens (including phenoxy) is 1.